The van der Waals surface area contributed by atoms with Crippen molar-refractivity contribution in [3.05, 3.63) is 75.4 Å². The van der Waals surface area contributed by atoms with Crippen LogP contribution in [0.4, 0.5) is 5.69 Å². The molecule has 4 rings (SSSR count). The van der Waals surface area contributed by atoms with E-state index in [0.29, 0.717) is 11.4 Å². The second-order valence-electron chi connectivity index (χ2n) is 6.75. The van der Waals surface area contributed by atoms with Crippen molar-refractivity contribution in [3.63, 3.8) is 0 Å². The Morgan fingerprint density at radius 1 is 1.03 bits per heavy atom. The Balaban J connectivity index is 1.53. The normalized spacial score (nSPS) is 10.9. The van der Waals surface area contributed by atoms with E-state index in [1.807, 2.05) is 74.5 Å². The third kappa shape index (κ3) is 4.40. The Morgan fingerprint density at radius 2 is 1.76 bits per heavy atom. The molecule has 0 radical (unpaired) electrons. The molecular weight excluding hydrogens is 479 g/mol. The third-order valence-electron chi connectivity index (χ3n) is 4.44. The number of aryl methyl sites for hydroxylation is 2. The summed E-state index contributed by atoms with van der Waals surface area (Å²) >= 11 is 2.25. The average Bonchev–Trinajstić information content (AvgIpc) is 3.13. The molecule has 0 aliphatic rings. The van der Waals surface area contributed by atoms with Crippen molar-refractivity contribution in [2.75, 3.05) is 11.9 Å². The highest BCUT2D eigenvalue weighted by atomic mass is 127. The fraction of sp³-hybridized carbons (Fsp3) is 0.136. The first-order chi connectivity index (χ1) is 14.0. The van der Waals surface area contributed by atoms with Crippen molar-refractivity contribution in [2.24, 2.45) is 0 Å². The van der Waals surface area contributed by atoms with E-state index in [2.05, 4.69) is 38.1 Å². The van der Waals surface area contributed by atoms with Crippen LogP contribution in [0.3, 0.4) is 0 Å². The number of carbonyl (C=O) groups is 1. The largest absolute Gasteiger partial charge is 0.481 e. The lowest BCUT2D eigenvalue weighted by atomic mass is 10.2. The van der Waals surface area contributed by atoms with Crippen LogP contribution in [-0.2, 0) is 4.79 Å². The Labute approximate surface area is 182 Å². The lowest BCUT2D eigenvalue weighted by Crippen LogP contribution is -2.21. The monoisotopic (exact) mass is 498 g/mol. The van der Waals surface area contributed by atoms with Crippen LogP contribution in [0.5, 0.6) is 5.75 Å². The Hall–Kier alpha value is -2.94. The van der Waals surface area contributed by atoms with Gasteiger partial charge in [-0.2, -0.15) is 0 Å². The molecule has 0 atom stereocenters. The molecule has 3 aromatic carbocycles. The molecule has 0 bridgehead atoms. The smallest absolute Gasteiger partial charge is 0.262 e. The summed E-state index contributed by atoms with van der Waals surface area (Å²) in [6.07, 6.45) is 0. The molecule has 7 heteroatoms. The number of nitrogens with zero attached hydrogens (tertiary/aromatic N) is 3. The Kier molecular flexibility index (Phi) is 5.48. The van der Waals surface area contributed by atoms with Crippen molar-refractivity contribution >= 4 is 45.2 Å². The minimum atomic E-state index is -0.223. The lowest BCUT2D eigenvalue weighted by molar-refractivity contribution is -0.118. The molecule has 0 saturated carbocycles. The molecule has 146 valence electrons. The van der Waals surface area contributed by atoms with Gasteiger partial charge in [0.2, 0.25) is 0 Å². The highest BCUT2D eigenvalue weighted by Crippen LogP contribution is 2.25. The van der Waals surface area contributed by atoms with E-state index in [-0.39, 0.29) is 12.5 Å². The van der Waals surface area contributed by atoms with Crippen molar-refractivity contribution in [2.45, 2.75) is 13.8 Å². The van der Waals surface area contributed by atoms with Crippen molar-refractivity contribution < 1.29 is 9.53 Å². The number of aromatic nitrogens is 3. The molecule has 6 nitrogen and oxygen atoms in total. The zero-order chi connectivity index (χ0) is 20.4. The second-order valence-corrected chi connectivity index (χ2v) is 7.99. The standard InChI is InChI=1S/C22H19IN4O2/c1-14-7-10-21(20(11-14)27-25-18-5-3-4-6-19(18)26-27)29-13-22(28)24-17-9-8-16(23)12-15(17)2/h3-12H,13H2,1-2H3,(H,24,28). The Bertz CT molecular complexity index is 1170. The van der Waals surface area contributed by atoms with E-state index < -0.39 is 0 Å². The second kappa shape index (κ2) is 8.20. The molecule has 0 spiro atoms. The van der Waals surface area contributed by atoms with Crippen LogP contribution in [0.2, 0.25) is 0 Å². The van der Waals surface area contributed by atoms with Crippen LogP contribution in [0.25, 0.3) is 16.7 Å². The van der Waals surface area contributed by atoms with Gasteiger partial charge >= 0.3 is 0 Å². The predicted octanol–water partition coefficient (Wildman–Crippen LogP) is 4.66. The number of halogens is 1. The number of nitrogens with one attached hydrogen (secondary N) is 1. The molecule has 1 heterocycles. The van der Waals surface area contributed by atoms with E-state index in [9.17, 15) is 4.79 Å². The van der Waals surface area contributed by atoms with Crippen LogP contribution in [0, 0.1) is 17.4 Å². The molecule has 0 unspecified atom stereocenters. The van der Waals surface area contributed by atoms with E-state index in [4.69, 9.17) is 4.74 Å². The summed E-state index contributed by atoms with van der Waals surface area (Å²) in [4.78, 5) is 14.0. The highest BCUT2D eigenvalue weighted by Gasteiger charge is 2.13. The molecule has 0 aliphatic heterocycles. The van der Waals surface area contributed by atoms with E-state index in [0.717, 1.165) is 31.4 Å². The van der Waals surface area contributed by atoms with Crippen molar-refractivity contribution in [1.82, 2.24) is 15.0 Å². The van der Waals surface area contributed by atoms with Gasteiger partial charge in [-0.25, -0.2) is 0 Å². The van der Waals surface area contributed by atoms with Gasteiger partial charge in [-0.3, -0.25) is 4.79 Å². The Morgan fingerprint density at radius 3 is 2.45 bits per heavy atom. The quantitative estimate of drug-likeness (QED) is 0.407. The predicted molar refractivity (Wildman–Crippen MR) is 122 cm³/mol. The zero-order valence-corrected chi connectivity index (χ0v) is 18.2. The van der Waals surface area contributed by atoms with Crippen LogP contribution in [0.15, 0.2) is 60.7 Å². The topological polar surface area (TPSA) is 69.0 Å². The highest BCUT2D eigenvalue weighted by molar-refractivity contribution is 14.1. The summed E-state index contributed by atoms with van der Waals surface area (Å²) < 4.78 is 6.95. The first-order valence-corrected chi connectivity index (χ1v) is 10.2. The molecule has 0 saturated heterocycles. The maximum absolute atomic E-state index is 12.4. The molecule has 1 amide bonds. The maximum Gasteiger partial charge on any atom is 0.262 e. The number of amides is 1. The van der Waals surface area contributed by atoms with Crippen LogP contribution < -0.4 is 10.1 Å². The molecular formula is C22H19IN4O2. The van der Waals surface area contributed by atoms with Gasteiger partial charge < -0.3 is 10.1 Å². The fourth-order valence-corrected chi connectivity index (χ4v) is 3.62. The number of anilines is 1. The fourth-order valence-electron chi connectivity index (χ4n) is 2.97. The number of benzene rings is 3. The van der Waals surface area contributed by atoms with Crippen LogP contribution >= 0.6 is 22.6 Å². The number of rotatable bonds is 5. The minimum Gasteiger partial charge on any atom is -0.481 e. The molecule has 1 aromatic heterocycles. The van der Waals surface area contributed by atoms with Gasteiger partial charge in [0, 0.05) is 9.26 Å². The van der Waals surface area contributed by atoms with Gasteiger partial charge in [0.1, 0.15) is 22.5 Å². The van der Waals surface area contributed by atoms with E-state index >= 15 is 0 Å². The van der Waals surface area contributed by atoms with Gasteiger partial charge in [0.05, 0.1) is 0 Å². The van der Waals surface area contributed by atoms with Gasteiger partial charge in [-0.15, -0.1) is 15.0 Å². The first kappa shape index (κ1) is 19.4. The van der Waals surface area contributed by atoms with Crippen LogP contribution in [-0.4, -0.2) is 27.5 Å². The number of ether oxygens (including phenoxy) is 1. The number of hydrogen-bond donors (Lipinski definition) is 1. The summed E-state index contributed by atoms with van der Waals surface area (Å²) in [5.74, 6) is 0.324. The van der Waals surface area contributed by atoms with Gasteiger partial charge in [-0.1, -0.05) is 18.2 Å². The summed E-state index contributed by atoms with van der Waals surface area (Å²) in [6, 6.07) is 19.2. The van der Waals surface area contributed by atoms with Gasteiger partial charge in [0.15, 0.2) is 6.61 Å². The minimum absolute atomic E-state index is 0.109. The van der Waals surface area contributed by atoms with Crippen LogP contribution in [0.1, 0.15) is 11.1 Å². The summed E-state index contributed by atoms with van der Waals surface area (Å²) in [6.45, 7) is 3.84. The summed E-state index contributed by atoms with van der Waals surface area (Å²) in [5.41, 5.74) is 5.13. The van der Waals surface area contributed by atoms with Crippen molar-refractivity contribution in [1.29, 1.82) is 0 Å². The first-order valence-electron chi connectivity index (χ1n) is 9.11. The SMILES string of the molecule is Cc1ccc(OCC(=O)Nc2ccc(I)cc2C)c(-n2nc3ccccc3n2)c1. The van der Waals surface area contributed by atoms with Gasteiger partial charge in [-0.05, 0) is 90.0 Å². The number of fused-ring (bicyclic) bond motifs is 1. The summed E-state index contributed by atoms with van der Waals surface area (Å²) in [7, 11) is 0. The summed E-state index contributed by atoms with van der Waals surface area (Å²) in [5, 5.41) is 11.9. The zero-order valence-electron chi connectivity index (χ0n) is 16.0. The number of carbonyl (C=O) groups excluding carboxylic acids is 1. The number of hydrogen-bond acceptors (Lipinski definition) is 4. The molecule has 0 aliphatic carbocycles. The molecule has 29 heavy (non-hydrogen) atoms. The molecule has 0 fully saturated rings. The average molecular weight is 498 g/mol. The van der Waals surface area contributed by atoms with Gasteiger partial charge in [0.25, 0.3) is 5.91 Å². The maximum atomic E-state index is 12.4. The lowest BCUT2D eigenvalue weighted by Gasteiger charge is -2.12. The third-order valence-corrected chi connectivity index (χ3v) is 5.11. The molecule has 1 N–H and O–H groups in total. The van der Waals surface area contributed by atoms with E-state index in [1.54, 1.807) is 4.80 Å². The van der Waals surface area contributed by atoms with Crippen molar-refractivity contribution in [3.8, 4) is 11.4 Å². The van der Waals surface area contributed by atoms with E-state index in [1.165, 1.54) is 0 Å². The molecule has 4 aromatic rings.